The van der Waals surface area contributed by atoms with E-state index in [-0.39, 0.29) is 75.6 Å². The van der Waals surface area contributed by atoms with E-state index < -0.39 is 30.0 Å². The Hall–Kier alpha value is -0.860. The largest absolute Gasteiger partial charge is 1.00 e. The van der Waals surface area contributed by atoms with Crippen LogP contribution >= 0.6 is 0 Å². The van der Waals surface area contributed by atoms with Gasteiger partial charge in [0.2, 0.25) is 0 Å². The van der Waals surface area contributed by atoms with Crippen molar-refractivity contribution in [1.82, 2.24) is 0 Å². The normalized spacial score (nSPS) is 11.8. The molecule has 2 N–H and O–H groups in total. The van der Waals surface area contributed by atoms with Crippen molar-refractivity contribution in [3.05, 3.63) is 54.6 Å². The second-order valence-corrected chi connectivity index (χ2v) is 8.25. The number of nitrogens with two attached hydrogens (primary N) is 1. The van der Waals surface area contributed by atoms with Crippen molar-refractivity contribution in [3.63, 3.8) is 0 Å². The van der Waals surface area contributed by atoms with Gasteiger partial charge < -0.3 is 14.8 Å². The van der Waals surface area contributed by atoms with Crippen molar-refractivity contribution in [2.75, 3.05) is 5.73 Å². The van der Waals surface area contributed by atoms with E-state index in [0.717, 1.165) is 6.07 Å². The van der Waals surface area contributed by atoms with Gasteiger partial charge in [0.1, 0.15) is 20.2 Å². The fourth-order valence-electron chi connectivity index (χ4n) is 2.37. The summed E-state index contributed by atoms with van der Waals surface area (Å²) in [5, 5.41) is 7.97. The molecule has 0 fully saturated rings. The summed E-state index contributed by atoms with van der Waals surface area (Å²) in [5.74, 6) is 0. The molecule has 0 aliphatic heterocycles. The van der Waals surface area contributed by atoms with Gasteiger partial charge in [-0.3, -0.25) is 0 Å². The molecule has 13 heteroatoms. The predicted molar refractivity (Wildman–Crippen MR) is 94.9 cm³/mol. The molecule has 0 heterocycles. The Bertz CT molecular complexity index is 1280. The molecule has 0 saturated carbocycles. The van der Waals surface area contributed by atoms with Gasteiger partial charge in [-0.25, -0.2) is 16.8 Å². The van der Waals surface area contributed by atoms with Crippen LogP contribution in [0.3, 0.4) is 0 Å². The van der Waals surface area contributed by atoms with Crippen LogP contribution in [0, 0.1) is 0 Å². The summed E-state index contributed by atoms with van der Waals surface area (Å²) < 4.78 is 68.2. The van der Waals surface area contributed by atoms with E-state index in [1.165, 1.54) is 18.2 Å². The number of nitrogen functional groups attached to an aromatic ring is 1. The van der Waals surface area contributed by atoms with E-state index in [1.54, 1.807) is 24.3 Å². The predicted octanol–water partition coefficient (Wildman–Crippen LogP) is -3.35. The zero-order chi connectivity index (χ0) is 19.8. The second-order valence-electron chi connectivity index (χ2n) is 5.53. The maximum absolute atomic E-state index is 11.4. The van der Waals surface area contributed by atoms with Crippen LogP contribution in [0.15, 0.2) is 74.6 Å². The Morgan fingerprint density at radius 3 is 1.83 bits per heavy atom. The number of nitrogens with zero attached hydrogens (tertiary/aromatic N) is 2. The third kappa shape index (κ3) is 6.56. The van der Waals surface area contributed by atoms with E-state index in [1.807, 2.05) is 0 Å². The molecular formula is C16H11N3Na2O6S2. The van der Waals surface area contributed by atoms with Crippen LogP contribution in [0.25, 0.3) is 10.8 Å². The summed E-state index contributed by atoms with van der Waals surface area (Å²) >= 11 is 0. The van der Waals surface area contributed by atoms with Crippen LogP contribution in [-0.2, 0) is 20.2 Å². The number of anilines is 1. The quantitative estimate of drug-likeness (QED) is 0.187. The third-order valence-corrected chi connectivity index (χ3v) is 5.29. The number of fused-ring (bicyclic) bond motifs is 1. The van der Waals surface area contributed by atoms with Gasteiger partial charge in [-0.2, -0.15) is 10.2 Å². The average Bonchev–Trinajstić information content (AvgIpc) is 2.58. The minimum absolute atomic E-state index is 0. The maximum atomic E-state index is 11.4. The summed E-state index contributed by atoms with van der Waals surface area (Å²) in [5.41, 5.74) is 6.89. The van der Waals surface area contributed by atoms with Gasteiger partial charge in [-0.05, 0) is 59.3 Å². The topological polar surface area (TPSA) is 165 Å². The number of hydrogen-bond acceptors (Lipinski definition) is 9. The molecular weight excluding hydrogens is 440 g/mol. The number of rotatable bonds is 4. The third-order valence-electron chi connectivity index (χ3n) is 3.60. The molecule has 3 rings (SSSR count). The van der Waals surface area contributed by atoms with Gasteiger partial charge in [0.05, 0.1) is 21.2 Å². The Morgan fingerprint density at radius 2 is 1.28 bits per heavy atom. The Morgan fingerprint density at radius 1 is 0.724 bits per heavy atom. The van der Waals surface area contributed by atoms with Crippen LogP contribution in [0.4, 0.5) is 17.1 Å². The minimum Gasteiger partial charge on any atom is -0.744 e. The molecule has 0 bridgehead atoms. The van der Waals surface area contributed by atoms with Crippen LogP contribution < -0.4 is 64.8 Å². The summed E-state index contributed by atoms with van der Waals surface area (Å²) in [6.45, 7) is 0. The molecule has 140 valence electrons. The SMILES string of the molecule is Nc1ccc(N=Nc2ccc3c(S(=O)(=O)[O-])cc(S(=O)(=O)[O-])cc3c2)cc1.[Na+].[Na+]. The number of hydrogen-bond donors (Lipinski definition) is 1. The van der Waals surface area contributed by atoms with Crippen molar-refractivity contribution < 1.29 is 85.1 Å². The molecule has 0 unspecified atom stereocenters. The van der Waals surface area contributed by atoms with Crippen molar-refractivity contribution in [2.24, 2.45) is 10.2 Å². The first-order valence-electron chi connectivity index (χ1n) is 7.31. The summed E-state index contributed by atoms with van der Waals surface area (Å²) in [6, 6.07) is 12.1. The first kappa shape index (κ1) is 26.2. The summed E-state index contributed by atoms with van der Waals surface area (Å²) in [6.07, 6.45) is 0. The van der Waals surface area contributed by atoms with Gasteiger partial charge in [0, 0.05) is 5.69 Å². The average molecular weight is 451 g/mol. The van der Waals surface area contributed by atoms with Gasteiger partial charge in [-0.15, -0.1) is 0 Å². The Kier molecular flexibility index (Phi) is 8.99. The van der Waals surface area contributed by atoms with Crippen LogP contribution in [0.1, 0.15) is 0 Å². The molecule has 0 saturated heterocycles. The van der Waals surface area contributed by atoms with E-state index >= 15 is 0 Å². The molecule has 0 amide bonds. The first-order chi connectivity index (χ1) is 12.5. The molecule has 29 heavy (non-hydrogen) atoms. The Balaban J connectivity index is 0.00000210. The monoisotopic (exact) mass is 451 g/mol. The smallest absolute Gasteiger partial charge is 0.744 e. The van der Waals surface area contributed by atoms with Crippen molar-refractivity contribution in [2.45, 2.75) is 9.79 Å². The van der Waals surface area contributed by atoms with E-state index in [4.69, 9.17) is 5.73 Å². The van der Waals surface area contributed by atoms with Crippen LogP contribution in [-0.4, -0.2) is 25.9 Å². The number of azo groups is 1. The molecule has 0 spiro atoms. The van der Waals surface area contributed by atoms with Crippen molar-refractivity contribution in [1.29, 1.82) is 0 Å². The fraction of sp³-hybridized carbons (Fsp3) is 0. The summed E-state index contributed by atoms with van der Waals surface area (Å²) in [4.78, 5) is -1.62. The van der Waals surface area contributed by atoms with Crippen molar-refractivity contribution >= 4 is 48.1 Å². The molecule has 0 aliphatic rings. The molecule has 0 aliphatic carbocycles. The van der Waals surface area contributed by atoms with Gasteiger partial charge >= 0.3 is 59.1 Å². The Labute approximate surface area is 211 Å². The van der Waals surface area contributed by atoms with E-state index in [2.05, 4.69) is 10.2 Å². The molecule has 0 radical (unpaired) electrons. The van der Waals surface area contributed by atoms with Crippen LogP contribution in [0.2, 0.25) is 0 Å². The molecule has 3 aromatic carbocycles. The molecule has 0 aromatic heterocycles. The van der Waals surface area contributed by atoms with Crippen LogP contribution in [0.5, 0.6) is 0 Å². The fourth-order valence-corrected chi connectivity index (χ4v) is 3.70. The van der Waals surface area contributed by atoms with E-state index in [0.29, 0.717) is 17.4 Å². The molecule has 9 nitrogen and oxygen atoms in total. The van der Waals surface area contributed by atoms with Gasteiger partial charge in [-0.1, -0.05) is 6.07 Å². The zero-order valence-corrected chi connectivity index (χ0v) is 21.1. The molecule has 0 atom stereocenters. The minimum atomic E-state index is -5.00. The zero-order valence-electron chi connectivity index (χ0n) is 15.4. The summed E-state index contributed by atoms with van der Waals surface area (Å²) in [7, 11) is -9.97. The second kappa shape index (κ2) is 9.96. The maximum Gasteiger partial charge on any atom is 1.00 e. The van der Waals surface area contributed by atoms with Crippen molar-refractivity contribution in [3.8, 4) is 0 Å². The standard InChI is InChI=1S/C16H13N3O6S2.2Na/c17-11-1-3-12(4-2-11)18-19-13-5-6-15-10(7-13)8-14(26(20,21)22)9-16(15)27(23,24)25;;/h1-9H,17H2,(H,20,21,22)(H,23,24,25);;/q;2*+1/p-2. The first-order valence-corrected chi connectivity index (χ1v) is 10.1. The van der Waals surface area contributed by atoms with Gasteiger partial charge in [0.15, 0.2) is 0 Å². The number of benzene rings is 3. The van der Waals surface area contributed by atoms with E-state index in [9.17, 15) is 25.9 Å². The molecule has 3 aromatic rings. The van der Waals surface area contributed by atoms with Gasteiger partial charge in [0.25, 0.3) is 0 Å².